The summed E-state index contributed by atoms with van der Waals surface area (Å²) < 4.78 is 164. The van der Waals surface area contributed by atoms with Crippen LogP contribution in [0, 0.1) is 22.7 Å². The maximum Gasteiger partial charge on any atom is 0.417 e. The average Bonchev–Trinajstić information content (AvgIpc) is 2.88. The second-order valence-electron chi connectivity index (χ2n) is 8.43. The fraction of sp³-hybridized carbons (Fsp3) is 0.440. The van der Waals surface area contributed by atoms with Crippen LogP contribution in [0.2, 0.25) is 0 Å². The molecule has 0 N–H and O–H groups in total. The summed E-state index contributed by atoms with van der Waals surface area (Å²) >= 11 is 1.28. The number of halogens is 13. The summed E-state index contributed by atoms with van der Waals surface area (Å²) in [5, 5.41) is 17.3. The summed E-state index contributed by atoms with van der Waals surface area (Å²) in [6.45, 7) is -4.85. The number of nitriles is 2. The fourth-order valence-corrected chi connectivity index (χ4v) is 3.86. The molecule has 0 atom stereocenters. The molecule has 18 heteroatoms. The van der Waals surface area contributed by atoms with Crippen molar-refractivity contribution in [3.8, 4) is 12.1 Å². The Morgan fingerprint density at radius 2 is 1.02 bits per heavy atom. The van der Waals surface area contributed by atoms with Crippen molar-refractivity contribution in [1.29, 1.82) is 10.5 Å². The maximum absolute atomic E-state index is 12.9. The molecule has 0 aliphatic heterocycles. The van der Waals surface area contributed by atoms with Gasteiger partial charge in [-0.3, -0.25) is 0 Å². The molecule has 0 spiro atoms. The molecule has 4 nitrogen and oxygen atoms in total. The Labute approximate surface area is 241 Å². The van der Waals surface area contributed by atoms with Crippen molar-refractivity contribution in [3.05, 3.63) is 58.7 Å². The van der Waals surface area contributed by atoms with Gasteiger partial charge in [-0.15, -0.1) is 0 Å². The first kappa shape index (κ1) is 37.5. The Morgan fingerprint density at radius 3 is 1.30 bits per heavy atom. The van der Waals surface area contributed by atoms with E-state index in [2.05, 4.69) is 0 Å². The lowest BCUT2D eigenvalue weighted by Crippen LogP contribution is -2.36. The van der Waals surface area contributed by atoms with E-state index in [1.165, 1.54) is 23.9 Å². The minimum atomic E-state index is -4.89. The van der Waals surface area contributed by atoms with Crippen LogP contribution >= 0.6 is 11.8 Å². The van der Waals surface area contributed by atoms with Gasteiger partial charge in [0.1, 0.15) is 19.8 Å². The molecule has 0 radical (unpaired) electrons. The van der Waals surface area contributed by atoms with E-state index in [4.69, 9.17) is 10.5 Å². The van der Waals surface area contributed by atoms with Crippen LogP contribution in [0.5, 0.6) is 0 Å². The van der Waals surface area contributed by atoms with Crippen molar-refractivity contribution >= 4 is 23.1 Å². The van der Waals surface area contributed by atoms with Crippen LogP contribution in [0.25, 0.3) is 0 Å². The summed E-state index contributed by atoms with van der Waals surface area (Å²) in [4.78, 5) is 1.27. The fourth-order valence-electron chi connectivity index (χ4n) is 3.46. The van der Waals surface area contributed by atoms with Crippen molar-refractivity contribution in [2.24, 2.45) is 0 Å². The minimum absolute atomic E-state index is 0.0517. The lowest BCUT2D eigenvalue weighted by Gasteiger charge is -2.26. The smallest absolute Gasteiger partial charge is 0.362 e. The first-order chi connectivity index (χ1) is 19.7. The monoisotopic (exact) mass is 656 g/mol. The molecule has 0 aliphatic carbocycles. The highest BCUT2D eigenvalue weighted by Gasteiger charge is 2.37. The van der Waals surface area contributed by atoms with Crippen LogP contribution in [0.3, 0.4) is 0 Å². The Hall–Kier alpha value is -3.54. The highest BCUT2D eigenvalue weighted by Crippen LogP contribution is 2.36. The van der Waals surface area contributed by atoms with Crippen LogP contribution in [0.15, 0.2) is 36.4 Å². The second-order valence-corrected chi connectivity index (χ2v) is 9.42. The number of hydrogen-bond acceptors (Lipinski definition) is 5. The Kier molecular flexibility index (Phi) is 13.3. The molecule has 0 aromatic heterocycles. The molecular formula is C25H21F13N4S. The predicted octanol–water partition coefficient (Wildman–Crippen LogP) is 8.22. The van der Waals surface area contributed by atoms with Gasteiger partial charge in [-0.05, 0) is 42.7 Å². The SMILES string of the molecule is CSCCN(CC(F)(F)F)c1ccc(C#N)c(C(F)(F)F)c1.N#Cc1ccc(N(CCF)CC(F)(F)F)cc1C(F)(F)F. The largest absolute Gasteiger partial charge is 0.417 e. The predicted molar refractivity (Wildman–Crippen MR) is 133 cm³/mol. The van der Waals surface area contributed by atoms with Gasteiger partial charge in [-0.25, -0.2) is 4.39 Å². The number of thioether (sulfide) groups is 1. The van der Waals surface area contributed by atoms with E-state index in [0.717, 1.165) is 29.2 Å². The van der Waals surface area contributed by atoms with Crippen molar-refractivity contribution in [3.63, 3.8) is 0 Å². The normalized spacial score (nSPS) is 12.1. The van der Waals surface area contributed by atoms with E-state index in [-0.39, 0.29) is 12.2 Å². The molecular weight excluding hydrogens is 635 g/mol. The number of benzene rings is 2. The Bertz CT molecular complexity index is 1270. The van der Waals surface area contributed by atoms with Gasteiger partial charge in [-0.2, -0.15) is 75.0 Å². The summed E-state index contributed by atoms with van der Waals surface area (Å²) in [6.07, 6.45) is -17.2. The van der Waals surface area contributed by atoms with Crippen molar-refractivity contribution in [2.75, 3.05) is 54.7 Å². The van der Waals surface area contributed by atoms with Crippen LogP contribution in [0.4, 0.5) is 68.5 Å². The lowest BCUT2D eigenvalue weighted by molar-refractivity contribution is -0.138. The molecule has 0 amide bonds. The zero-order chi connectivity index (χ0) is 33.2. The van der Waals surface area contributed by atoms with Crippen molar-refractivity contribution in [1.82, 2.24) is 0 Å². The highest BCUT2D eigenvalue weighted by atomic mass is 32.2. The van der Waals surface area contributed by atoms with E-state index in [1.54, 1.807) is 6.26 Å². The molecule has 43 heavy (non-hydrogen) atoms. The molecule has 2 aromatic carbocycles. The molecule has 0 saturated carbocycles. The number of alkyl halides is 13. The van der Waals surface area contributed by atoms with Crippen molar-refractivity contribution in [2.45, 2.75) is 24.7 Å². The van der Waals surface area contributed by atoms with Gasteiger partial charge in [0, 0.05) is 30.2 Å². The maximum atomic E-state index is 12.9. The molecule has 0 fully saturated rings. The van der Waals surface area contributed by atoms with Gasteiger partial charge < -0.3 is 9.80 Å². The lowest BCUT2D eigenvalue weighted by atomic mass is 10.1. The topological polar surface area (TPSA) is 54.1 Å². The van der Waals surface area contributed by atoms with E-state index < -0.39 is 79.0 Å². The standard InChI is InChI=1S/C13H12F6N2S.C12H9F7N2/c1-22-5-4-21(8-12(14,15)16)10-3-2-9(7-20)11(6-10)13(17,18)19;13-3-4-21(7-11(14,15)16)9-2-1-8(6-20)10(5-9)12(17,18)19/h2-3,6H,4-5,8H2,1H3;1-2,5H,3-4,7H2. The third kappa shape index (κ3) is 12.7. The highest BCUT2D eigenvalue weighted by molar-refractivity contribution is 7.98. The average molecular weight is 657 g/mol. The third-order valence-corrected chi connectivity index (χ3v) is 5.84. The number of rotatable bonds is 9. The van der Waals surface area contributed by atoms with E-state index >= 15 is 0 Å². The number of nitrogens with zero attached hydrogens (tertiary/aromatic N) is 4. The van der Waals surface area contributed by atoms with Gasteiger partial charge in [0.25, 0.3) is 0 Å². The molecule has 238 valence electrons. The molecule has 0 unspecified atom stereocenters. The molecule has 0 saturated heterocycles. The second kappa shape index (κ2) is 15.3. The van der Waals surface area contributed by atoms with Gasteiger partial charge in [0.05, 0.1) is 34.4 Å². The summed E-state index contributed by atoms with van der Waals surface area (Å²) in [5.74, 6) is 0.331. The van der Waals surface area contributed by atoms with Crippen LogP contribution in [0.1, 0.15) is 22.3 Å². The quantitative estimate of drug-likeness (QED) is 0.255. The Balaban J connectivity index is 0.000000430. The summed E-state index contributed by atoms with van der Waals surface area (Å²) in [7, 11) is 0. The van der Waals surface area contributed by atoms with Crippen molar-refractivity contribution < 1.29 is 57.1 Å². The van der Waals surface area contributed by atoms with E-state index in [0.29, 0.717) is 22.8 Å². The first-order valence-electron chi connectivity index (χ1n) is 11.6. The minimum Gasteiger partial charge on any atom is -0.362 e. The summed E-state index contributed by atoms with van der Waals surface area (Å²) in [5.41, 5.74) is -4.57. The molecule has 0 heterocycles. The van der Waals surface area contributed by atoms with Crippen LogP contribution < -0.4 is 9.80 Å². The van der Waals surface area contributed by atoms with Crippen LogP contribution in [-0.4, -0.2) is 57.2 Å². The zero-order valence-corrected chi connectivity index (χ0v) is 22.6. The Morgan fingerprint density at radius 1 is 0.651 bits per heavy atom. The van der Waals surface area contributed by atoms with Gasteiger partial charge in [0.15, 0.2) is 0 Å². The zero-order valence-electron chi connectivity index (χ0n) is 21.8. The molecule has 2 rings (SSSR count). The number of anilines is 2. The van der Waals surface area contributed by atoms with Crippen LogP contribution in [-0.2, 0) is 12.4 Å². The van der Waals surface area contributed by atoms with Gasteiger partial charge >= 0.3 is 24.7 Å². The third-order valence-electron chi connectivity index (χ3n) is 5.25. The van der Waals surface area contributed by atoms with E-state index in [9.17, 15) is 57.1 Å². The van der Waals surface area contributed by atoms with E-state index in [1.807, 2.05) is 0 Å². The van der Waals surface area contributed by atoms with Gasteiger partial charge in [-0.1, -0.05) is 0 Å². The molecule has 0 bridgehead atoms. The number of hydrogen-bond donors (Lipinski definition) is 0. The first-order valence-corrected chi connectivity index (χ1v) is 13.0. The summed E-state index contributed by atoms with van der Waals surface area (Å²) in [6, 6.07) is 7.39. The van der Waals surface area contributed by atoms with Gasteiger partial charge in [0.2, 0.25) is 0 Å². The molecule has 0 aliphatic rings. The molecule has 2 aromatic rings.